The number of aryl methyl sites for hydroxylation is 1. The molecule has 218 valence electrons. The Kier molecular flexibility index (Phi) is 10.3. The maximum absolute atomic E-state index is 11.7. The number of nitrogens with zero attached hydrogens (tertiary/aromatic N) is 1. The fourth-order valence-corrected chi connectivity index (χ4v) is 7.21. The molecule has 3 atom stereocenters. The lowest BCUT2D eigenvalue weighted by atomic mass is 9.99. The maximum Gasteiger partial charge on any atom is 0.312 e. The molecule has 0 radical (unpaired) electrons. The van der Waals surface area contributed by atoms with Gasteiger partial charge in [-0.15, -0.1) is 11.3 Å². The van der Waals surface area contributed by atoms with Crippen LogP contribution in [0, 0.1) is 13.8 Å². The summed E-state index contributed by atoms with van der Waals surface area (Å²) < 4.78 is 25.6. The summed E-state index contributed by atoms with van der Waals surface area (Å²) in [5.41, 5.74) is 2.52. The number of thiazole rings is 1. The minimum absolute atomic E-state index is 0.0100. The van der Waals surface area contributed by atoms with Crippen LogP contribution in [0.3, 0.4) is 0 Å². The summed E-state index contributed by atoms with van der Waals surface area (Å²) >= 11 is 1.55. The normalized spacial score (nSPS) is 17.2. The van der Waals surface area contributed by atoms with Crippen LogP contribution in [0.2, 0.25) is 18.1 Å². The number of aromatic nitrogens is 1. The van der Waals surface area contributed by atoms with Crippen molar-refractivity contribution in [2.45, 2.75) is 116 Å². The fraction of sp³-hybridized carbons (Fsp3) is 0.667. The van der Waals surface area contributed by atoms with E-state index in [1.807, 2.05) is 26.0 Å². The highest BCUT2D eigenvalue weighted by Crippen LogP contribution is 2.44. The predicted molar refractivity (Wildman–Crippen MR) is 159 cm³/mol. The van der Waals surface area contributed by atoms with Gasteiger partial charge >= 0.3 is 5.97 Å². The van der Waals surface area contributed by atoms with Gasteiger partial charge in [0.05, 0.1) is 49.2 Å². The van der Waals surface area contributed by atoms with Gasteiger partial charge in [0.15, 0.2) is 8.32 Å². The zero-order valence-corrected chi connectivity index (χ0v) is 27.2. The molecular formula is C30H47NO6SSi. The molecule has 0 aliphatic heterocycles. The molecule has 7 nitrogen and oxygen atoms in total. The van der Waals surface area contributed by atoms with Crippen LogP contribution in [-0.2, 0) is 20.4 Å². The summed E-state index contributed by atoms with van der Waals surface area (Å²) in [6.07, 6.45) is 4.39. The number of carboxylic acid groups (broad SMARTS) is 1. The third-order valence-corrected chi connectivity index (χ3v) is 13.8. The lowest BCUT2D eigenvalue weighted by Gasteiger charge is -2.42. The van der Waals surface area contributed by atoms with Crippen molar-refractivity contribution in [3.63, 3.8) is 0 Å². The van der Waals surface area contributed by atoms with Crippen molar-refractivity contribution in [1.82, 2.24) is 4.98 Å². The zero-order chi connectivity index (χ0) is 29.1. The van der Waals surface area contributed by atoms with E-state index in [0.717, 1.165) is 58.2 Å². The Morgan fingerprint density at radius 3 is 2.18 bits per heavy atom. The van der Waals surface area contributed by atoms with E-state index in [1.165, 1.54) is 0 Å². The monoisotopic (exact) mass is 577 g/mol. The molecule has 9 heteroatoms. The Labute approximate surface area is 239 Å². The lowest BCUT2D eigenvalue weighted by molar-refractivity contribution is -0.138. The summed E-state index contributed by atoms with van der Waals surface area (Å²) in [4.78, 5) is 17.4. The first-order valence-electron chi connectivity index (χ1n) is 13.9. The molecule has 3 rings (SSSR count). The average molecular weight is 578 g/mol. The van der Waals surface area contributed by atoms with Crippen LogP contribution in [0.5, 0.6) is 11.5 Å². The van der Waals surface area contributed by atoms with Gasteiger partial charge in [0.2, 0.25) is 0 Å². The van der Waals surface area contributed by atoms with Crippen molar-refractivity contribution in [2.24, 2.45) is 0 Å². The van der Waals surface area contributed by atoms with Crippen molar-refractivity contribution in [3.05, 3.63) is 38.8 Å². The van der Waals surface area contributed by atoms with Crippen molar-refractivity contribution in [2.75, 3.05) is 14.2 Å². The molecule has 39 heavy (non-hydrogen) atoms. The molecule has 1 fully saturated rings. The fourth-order valence-electron chi connectivity index (χ4n) is 4.86. The van der Waals surface area contributed by atoms with Gasteiger partial charge < -0.3 is 23.7 Å². The van der Waals surface area contributed by atoms with Crippen molar-refractivity contribution in [1.29, 1.82) is 0 Å². The maximum atomic E-state index is 11.7. The second kappa shape index (κ2) is 12.7. The van der Waals surface area contributed by atoms with E-state index >= 15 is 0 Å². The van der Waals surface area contributed by atoms with Gasteiger partial charge in [-0.25, -0.2) is 4.98 Å². The molecule has 2 aromatic rings. The minimum atomic E-state index is -2.25. The molecule has 1 heterocycles. The SMILES string of the molecule is COc1cc([C@@H](O[Si](C)(C)C(C)(C)C)[C@H](Cc2nc(C(C)C(=O)O)c(C)s2)OC2CCCC2)cc(OC)c1C. The van der Waals surface area contributed by atoms with E-state index in [4.69, 9.17) is 23.6 Å². The smallest absolute Gasteiger partial charge is 0.312 e. The van der Waals surface area contributed by atoms with Gasteiger partial charge in [-0.2, -0.15) is 0 Å². The van der Waals surface area contributed by atoms with Crippen LogP contribution >= 0.6 is 11.3 Å². The topological polar surface area (TPSA) is 87.1 Å². The van der Waals surface area contributed by atoms with E-state index < -0.39 is 20.2 Å². The van der Waals surface area contributed by atoms with Gasteiger partial charge in [0.25, 0.3) is 0 Å². The van der Waals surface area contributed by atoms with Gasteiger partial charge in [-0.1, -0.05) is 33.6 Å². The Hall–Kier alpha value is -1.94. The molecule has 0 spiro atoms. The first-order chi connectivity index (χ1) is 18.2. The van der Waals surface area contributed by atoms with E-state index in [9.17, 15) is 9.90 Å². The molecule has 1 unspecified atom stereocenters. The zero-order valence-electron chi connectivity index (χ0n) is 25.3. The quantitative estimate of drug-likeness (QED) is 0.260. The first-order valence-corrected chi connectivity index (χ1v) is 17.7. The number of ether oxygens (including phenoxy) is 3. The highest BCUT2D eigenvalue weighted by atomic mass is 32.1. The summed E-state index contributed by atoms with van der Waals surface area (Å²) in [6.45, 7) is 16.9. The standard InChI is InChI=1S/C30H47NO6SSi/c1-18-23(34-7)15-21(16-24(18)35-8)28(37-39(9,10)30(4,5)6)25(36-22-13-11-12-14-22)17-26-31-27(20(3)38-26)19(2)29(32)33/h15-16,19,22,25,28H,11-14,17H2,1-10H3,(H,32,33)/t19?,25-,28+/m0/s1. The van der Waals surface area contributed by atoms with Crippen LogP contribution < -0.4 is 9.47 Å². The number of methoxy groups -OCH3 is 2. The third kappa shape index (κ3) is 7.42. The van der Waals surface area contributed by atoms with Crippen molar-refractivity contribution < 1.29 is 28.5 Å². The van der Waals surface area contributed by atoms with Gasteiger partial charge in [-0.3, -0.25) is 4.79 Å². The van der Waals surface area contributed by atoms with E-state index in [-0.39, 0.29) is 23.4 Å². The number of aliphatic carboxylic acids is 1. The summed E-state index contributed by atoms with van der Waals surface area (Å²) in [5, 5.41) is 10.5. The third-order valence-electron chi connectivity index (χ3n) is 8.37. The first kappa shape index (κ1) is 31.6. The molecule has 0 bridgehead atoms. The molecule has 1 saturated carbocycles. The minimum Gasteiger partial charge on any atom is -0.496 e. The summed E-state index contributed by atoms with van der Waals surface area (Å²) in [7, 11) is 1.09. The Bertz CT molecular complexity index is 1110. The van der Waals surface area contributed by atoms with Crippen LogP contribution in [0.25, 0.3) is 0 Å². The number of hydrogen-bond acceptors (Lipinski definition) is 7. The van der Waals surface area contributed by atoms with Crippen molar-refractivity contribution >= 4 is 25.6 Å². The van der Waals surface area contributed by atoms with E-state index in [2.05, 4.69) is 33.9 Å². The second-order valence-corrected chi connectivity index (χ2v) is 18.3. The molecular weight excluding hydrogens is 530 g/mol. The lowest BCUT2D eigenvalue weighted by Crippen LogP contribution is -2.45. The molecule has 1 aromatic heterocycles. The largest absolute Gasteiger partial charge is 0.496 e. The molecule has 0 saturated heterocycles. The molecule has 0 amide bonds. The highest BCUT2D eigenvalue weighted by Gasteiger charge is 2.43. The van der Waals surface area contributed by atoms with Crippen LogP contribution in [-0.4, -0.2) is 50.8 Å². The molecule has 1 N–H and O–H groups in total. The van der Waals surface area contributed by atoms with Gasteiger partial charge in [-0.05, 0) is 69.4 Å². The van der Waals surface area contributed by atoms with E-state index in [0.29, 0.717) is 12.1 Å². The van der Waals surface area contributed by atoms with Crippen LogP contribution in [0.1, 0.15) is 92.1 Å². The number of rotatable bonds is 12. The predicted octanol–water partition coefficient (Wildman–Crippen LogP) is 7.60. The number of carbonyl (C=O) groups is 1. The Balaban J connectivity index is 2.13. The second-order valence-electron chi connectivity index (χ2n) is 12.2. The Morgan fingerprint density at radius 1 is 1.13 bits per heavy atom. The van der Waals surface area contributed by atoms with Gasteiger partial charge in [0.1, 0.15) is 11.5 Å². The van der Waals surface area contributed by atoms with Crippen LogP contribution in [0.4, 0.5) is 0 Å². The van der Waals surface area contributed by atoms with Gasteiger partial charge in [0, 0.05) is 16.9 Å². The molecule has 1 aliphatic rings. The average Bonchev–Trinajstić information content (AvgIpc) is 3.50. The van der Waals surface area contributed by atoms with Crippen LogP contribution in [0.15, 0.2) is 12.1 Å². The molecule has 1 aromatic carbocycles. The highest BCUT2D eigenvalue weighted by molar-refractivity contribution is 7.11. The number of carboxylic acids is 1. The Morgan fingerprint density at radius 2 is 1.69 bits per heavy atom. The van der Waals surface area contributed by atoms with Crippen molar-refractivity contribution in [3.8, 4) is 11.5 Å². The number of benzene rings is 1. The summed E-state index contributed by atoms with van der Waals surface area (Å²) in [5.74, 6) is -0.0355. The summed E-state index contributed by atoms with van der Waals surface area (Å²) in [6, 6.07) is 4.09. The van der Waals surface area contributed by atoms with E-state index in [1.54, 1.807) is 32.5 Å². The molecule has 1 aliphatic carbocycles. The number of hydrogen-bond donors (Lipinski definition) is 1.